The summed E-state index contributed by atoms with van der Waals surface area (Å²) in [5.41, 5.74) is 9.46. The summed E-state index contributed by atoms with van der Waals surface area (Å²) in [5, 5.41) is 13.3. The summed E-state index contributed by atoms with van der Waals surface area (Å²) in [6.07, 6.45) is 3.33. The molecule has 4 rings (SSSR count). The van der Waals surface area contributed by atoms with Gasteiger partial charge in [-0.1, -0.05) is 0 Å². The third-order valence-electron chi connectivity index (χ3n) is 3.77. The molecule has 3 aromatic heterocycles. The highest BCUT2D eigenvalue weighted by molar-refractivity contribution is 7.09. The van der Waals surface area contributed by atoms with Crippen molar-refractivity contribution in [2.24, 2.45) is 0 Å². The summed E-state index contributed by atoms with van der Waals surface area (Å²) < 4.78 is 0. The largest absolute Gasteiger partial charge is 0.384 e. The second-order valence-electron chi connectivity index (χ2n) is 5.53. The zero-order valence-electron chi connectivity index (χ0n) is 13.3. The Labute approximate surface area is 146 Å². The van der Waals surface area contributed by atoms with Crippen LogP contribution in [0.4, 0.5) is 11.5 Å². The third kappa shape index (κ3) is 2.94. The number of nitrogen functional groups attached to an aromatic ring is 1. The molecule has 0 unspecified atom stereocenters. The number of aromatic amines is 1. The van der Waals surface area contributed by atoms with Crippen molar-refractivity contribution >= 4 is 39.7 Å². The van der Waals surface area contributed by atoms with Crippen LogP contribution < -0.4 is 11.1 Å². The lowest BCUT2D eigenvalue weighted by Gasteiger charge is -2.09. The molecule has 8 heteroatoms. The van der Waals surface area contributed by atoms with E-state index in [4.69, 9.17) is 5.73 Å². The molecular weight excluding hydrogens is 336 g/mol. The van der Waals surface area contributed by atoms with Gasteiger partial charge in [0.05, 0.1) is 22.4 Å². The summed E-state index contributed by atoms with van der Waals surface area (Å²) in [7, 11) is 0. The fourth-order valence-corrected chi connectivity index (χ4v) is 3.20. The number of amides is 1. The number of thiazole rings is 1. The molecule has 0 saturated heterocycles. The van der Waals surface area contributed by atoms with Gasteiger partial charge in [0.15, 0.2) is 0 Å². The van der Waals surface area contributed by atoms with Crippen LogP contribution in [-0.4, -0.2) is 26.1 Å². The number of nitrogens with zero attached hydrogens (tertiary/aromatic N) is 3. The molecule has 0 fully saturated rings. The van der Waals surface area contributed by atoms with Gasteiger partial charge in [0.25, 0.3) is 5.91 Å². The zero-order valence-corrected chi connectivity index (χ0v) is 14.1. The Morgan fingerprint density at radius 3 is 2.92 bits per heavy atom. The Kier molecular flexibility index (Phi) is 3.66. The minimum absolute atomic E-state index is 0.252. The first-order chi connectivity index (χ1) is 12.1. The summed E-state index contributed by atoms with van der Waals surface area (Å²) in [5.74, 6) is 0.184. The van der Waals surface area contributed by atoms with Crippen molar-refractivity contribution in [3.8, 4) is 11.1 Å². The van der Waals surface area contributed by atoms with E-state index in [1.165, 1.54) is 11.3 Å². The lowest BCUT2D eigenvalue weighted by atomic mass is 10.0. The first kappa shape index (κ1) is 15.3. The Hall–Kier alpha value is -3.26. The van der Waals surface area contributed by atoms with Gasteiger partial charge in [0.1, 0.15) is 11.5 Å². The van der Waals surface area contributed by atoms with Gasteiger partial charge in [0, 0.05) is 17.0 Å². The minimum Gasteiger partial charge on any atom is -0.384 e. The molecule has 4 aromatic rings. The predicted octanol–water partition coefficient (Wildman–Crippen LogP) is 3.22. The SMILES string of the molecule is Cc1nc(C(=O)Nc2cc(-c3ccnc(N)c3)cc3[nH]ncc23)cs1. The zero-order chi connectivity index (χ0) is 17.4. The molecule has 0 saturated carbocycles. The fraction of sp³-hybridized carbons (Fsp3) is 0.0588. The monoisotopic (exact) mass is 350 g/mol. The Morgan fingerprint density at radius 1 is 1.28 bits per heavy atom. The van der Waals surface area contributed by atoms with E-state index in [0.717, 1.165) is 27.0 Å². The first-order valence-corrected chi connectivity index (χ1v) is 8.40. The molecule has 0 atom stereocenters. The van der Waals surface area contributed by atoms with Crippen LogP contribution in [0.15, 0.2) is 42.0 Å². The van der Waals surface area contributed by atoms with Crippen LogP contribution in [0.2, 0.25) is 0 Å². The number of aromatic nitrogens is 4. The number of nitrogens with one attached hydrogen (secondary N) is 2. The molecule has 0 bridgehead atoms. The van der Waals surface area contributed by atoms with Crippen molar-refractivity contribution in [2.45, 2.75) is 6.92 Å². The van der Waals surface area contributed by atoms with Gasteiger partial charge in [-0.15, -0.1) is 11.3 Å². The van der Waals surface area contributed by atoms with E-state index >= 15 is 0 Å². The van der Waals surface area contributed by atoms with Crippen LogP contribution in [0.3, 0.4) is 0 Å². The molecular formula is C17H14N6OS. The Balaban J connectivity index is 1.77. The van der Waals surface area contributed by atoms with Gasteiger partial charge >= 0.3 is 0 Å². The first-order valence-electron chi connectivity index (χ1n) is 7.52. The molecule has 0 aliphatic heterocycles. The standard InChI is InChI=1S/C17H14N6OS/c1-9-21-15(8-25-9)17(24)22-13-4-11(5-14-12(13)7-20-23-14)10-2-3-19-16(18)6-10/h2-8H,1H3,(H2,18,19)(H,20,23)(H,22,24). The van der Waals surface area contributed by atoms with Gasteiger partial charge in [0.2, 0.25) is 0 Å². The molecule has 1 aromatic carbocycles. The van der Waals surface area contributed by atoms with Gasteiger partial charge in [-0.05, 0) is 42.3 Å². The number of fused-ring (bicyclic) bond motifs is 1. The maximum Gasteiger partial charge on any atom is 0.275 e. The second-order valence-corrected chi connectivity index (χ2v) is 6.59. The molecule has 124 valence electrons. The van der Waals surface area contributed by atoms with Gasteiger partial charge in [-0.3, -0.25) is 9.89 Å². The van der Waals surface area contributed by atoms with Crippen LogP contribution >= 0.6 is 11.3 Å². The number of H-pyrrole nitrogens is 1. The summed E-state index contributed by atoms with van der Waals surface area (Å²) in [6.45, 7) is 1.87. The van der Waals surface area contributed by atoms with Crippen molar-refractivity contribution in [2.75, 3.05) is 11.1 Å². The van der Waals surface area contributed by atoms with Crippen molar-refractivity contribution in [1.29, 1.82) is 0 Å². The van der Waals surface area contributed by atoms with E-state index in [9.17, 15) is 4.79 Å². The molecule has 1 amide bonds. The van der Waals surface area contributed by atoms with E-state index in [2.05, 4.69) is 25.5 Å². The quantitative estimate of drug-likeness (QED) is 0.525. The lowest BCUT2D eigenvalue weighted by molar-refractivity contribution is 0.102. The number of hydrogen-bond acceptors (Lipinski definition) is 6. The number of carbonyl (C=O) groups is 1. The van der Waals surface area contributed by atoms with Gasteiger partial charge in [-0.25, -0.2) is 9.97 Å². The minimum atomic E-state index is -0.252. The number of anilines is 2. The van der Waals surface area contributed by atoms with Crippen molar-refractivity contribution < 1.29 is 4.79 Å². The van der Waals surface area contributed by atoms with Gasteiger partial charge < -0.3 is 11.1 Å². The summed E-state index contributed by atoms with van der Waals surface area (Å²) in [4.78, 5) is 20.7. The van der Waals surface area contributed by atoms with Crippen LogP contribution in [0.5, 0.6) is 0 Å². The molecule has 4 N–H and O–H groups in total. The van der Waals surface area contributed by atoms with Crippen molar-refractivity contribution in [3.05, 3.63) is 52.7 Å². The number of aryl methyl sites for hydroxylation is 1. The van der Waals surface area contributed by atoms with Crippen LogP contribution in [0.1, 0.15) is 15.5 Å². The van der Waals surface area contributed by atoms with Crippen LogP contribution in [-0.2, 0) is 0 Å². The average molecular weight is 350 g/mol. The number of pyridine rings is 1. The number of nitrogens with two attached hydrogens (primary N) is 1. The van der Waals surface area contributed by atoms with E-state index < -0.39 is 0 Å². The van der Waals surface area contributed by atoms with Crippen molar-refractivity contribution in [1.82, 2.24) is 20.2 Å². The molecule has 0 spiro atoms. The predicted molar refractivity (Wildman–Crippen MR) is 98.5 cm³/mol. The van der Waals surface area contributed by atoms with Gasteiger partial charge in [-0.2, -0.15) is 5.10 Å². The molecule has 0 aliphatic rings. The van der Waals surface area contributed by atoms with E-state index in [1.54, 1.807) is 23.8 Å². The highest BCUT2D eigenvalue weighted by Crippen LogP contribution is 2.30. The summed E-state index contributed by atoms with van der Waals surface area (Å²) >= 11 is 1.44. The number of hydrogen-bond donors (Lipinski definition) is 3. The van der Waals surface area contributed by atoms with E-state index in [0.29, 0.717) is 17.2 Å². The molecule has 0 aliphatic carbocycles. The van der Waals surface area contributed by atoms with E-state index in [-0.39, 0.29) is 5.91 Å². The maximum absolute atomic E-state index is 12.5. The maximum atomic E-state index is 12.5. The van der Waals surface area contributed by atoms with Crippen molar-refractivity contribution in [3.63, 3.8) is 0 Å². The average Bonchev–Trinajstić information content (AvgIpc) is 3.23. The third-order valence-corrected chi connectivity index (χ3v) is 4.55. The molecule has 25 heavy (non-hydrogen) atoms. The highest BCUT2D eigenvalue weighted by atomic mass is 32.1. The molecule has 3 heterocycles. The van der Waals surface area contributed by atoms with E-state index in [1.807, 2.05) is 25.1 Å². The second kappa shape index (κ2) is 5.99. The normalized spacial score (nSPS) is 10.9. The number of carbonyl (C=O) groups excluding carboxylic acids is 1. The summed E-state index contributed by atoms with van der Waals surface area (Å²) in [6, 6.07) is 7.50. The Morgan fingerprint density at radius 2 is 2.16 bits per heavy atom. The molecule has 0 radical (unpaired) electrons. The lowest BCUT2D eigenvalue weighted by Crippen LogP contribution is -2.12. The molecule has 7 nitrogen and oxygen atoms in total. The number of benzene rings is 1. The smallest absolute Gasteiger partial charge is 0.275 e. The number of rotatable bonds is 3. The Bertz CT molecular complexity index is 1080. The van der Waals surface area contributed by atoms with Crippen LogP contribution in [0.25, 0.3) is 22.0 Å². The highest BCUT2D eigenvalue weighted by Gasteiger charge is 2.14. The van der Waals surface area contributed by atoms with Crippen LogP contribution in [0, 0.1) is 6.92 Å². The fourth-order valence-electron chi connectivity index (χ4n) is 2.60. The topological polar surface area (TPSA) is 110 Å².